The van der Waals surface area contributed by atoms with Crippen LogP contribution in [0.25, 0.3) is 5.76 Å². The number of Topliss-reactive ketones (excluding diaryl/α,β-unsaturated/α-hetero) is 1. The summed E-state index contributed by atoms with van der Waals surface area (Å²) in [5.41, 5.74) is 2.15. The van der Waals surface area contributed by atoms with Crippen LogP contribution in [0, 0.1) is 6.92 Å². The number of hydrogen-bond donors (Lipinski definition) is 2. The number of para-hydroxylation sites is 1. The van der Waals surface area contributed by atoms with E-state index in [4.69, 9.17) is 4.74 Å². The number of carbonyl (C=O) groups is 2. The third-order valence-electron chi connectivity index (χ3n) is 5.43. The Kier molecular flexibility index (Phi) is 5.76. The summed E-state index contributed by atoms with van der Waals surface area (Å²) >= 11 is 3.38. The number of rotatable bonds is 4. The van der Waals surface area contributed by atoms with Crippen molar-refractivity contribution in [1.29, 1.82) is 0 Å². The molecular weight excluding hydrogens is 474 g/mol. The van der Waals surface area contributed by atoms with Crippen molar-refractivity contribution >= 4 is 39.1 Å². The lowest BCUT2D eigenvalue weighted by Gasteiger charge is -2.26. The van der Waals surface area contributed by atoms with E-state index in [0.717, 1.165) is 5.56 Å². The first-order valence-electron chi connectivity index (χ1n) is 9.83. The maximum atomic E-state index is 13.2. The van der Waals surface area contributed by atoms with Crippen LogP contribution in [0.2, 0.25) is 0 Å². The maximum absolute atomic E-state index is 13.2. The fourth-order valence-electron chi connectivity index (χ4n) is 3.89. The van der Waals surface area contributed by atoms with Crippen LogP contribution in [0.1, 0.15) is 22.7 Å². The van der Waals surface area contributed by atoms with E-state index in [-0.39, 0.29) is 17.1 Å². The molecule has 0 aliphatic carbocycles. The number of amides is 1. The number of hydrogen-bond acceptors (Lipinski definition) is 5. The van der Waals surface area contributed by atoms with Gasteiger partial charge in [-0.05, 0) is 70.4 Å². The Morgan fingerprint density at radius 3 is 2.44 bits per heavy atom. The third kappa shape index (κ3) is 3.65. The second kappa shape index (κ2) is 8.51. The molecule has 1 atom stereocenters. The first-order valence-corrected chi connectivity index (χ1v) is 10.6. The topological polar surface area (TPSA) is 87.1 Å². The Morgan fingerprint density at radius 1 is 1.03 bits per heavy atom. The highest BCUT2D eigenvalue weighted by atomic mass is 79.9. The Balaban J connectivity index is 1.97. The van der Waals surface area contributed by atoms with Gasteiger partial charge in [-0.2, -0.15) is 0 Å². The molecule has 1 amide bonds. The average molecular weight is 494 g/mol. The maximum Gasteiger partial charge on any atom is 0.300 e. The summed E-state index contributed by atoms with van der Waals surface area (Å²) in [6, 6.07) is 17.5. The number of aryl methyl sites for hydroxylation is 1. The molecule has 1 saturated heterocycles. The van der Waals surface area contributed by atoms with E-state index < -0.39 is 17.7 Å². The minimum atomic E-state index is -0.913. The molecule has 6 nitrogen and oxygen atoms in total. The molecule has 0 radical (unpaired) electrons. The van der Waals surface area contributed by atoms with Crippen molar-refractivity contribution in [1.82, 2.24) is 0 Å². The second-order valence-electron chi connectivity index (χ2n) is 7.40. The van der Waals surface area contributed by atoms with Gasteiger partial charge in [-0.3, -0.25) is 14.5 Å². The number of ether oxygens (including phenoxy) is 1. The zero-order valence-corrected chi connectivity index (χ0v) is 19.0. The van der Waals surface area contributed by atoms with Gasteiger partial charge in [0.05, 0.1) is 23.2 Å². The van der Waals surface area contributed by atoms with E-state index in [2.05, 4.69) is 15.9 Å². The largest absolute Gasteiger partial charge is 0.508 e. The smallest absolute Gasteiger partial charge is 0.300 e. The minimum absolute atomic E-state index is 0.00920. The van der Waals surface area contributed by atoms with Gasteiger partial charge in [0.1, 0.15) is 17.3 Å². The number of aliphatic hydroxyl groups is 1. The molecule has 2 N–H and O–H groups in total. The zero-order valence-electron chi connectivity index (χ0n) is 17.4. The molecule has 0 spiro atoms. The molecule has 0 aromatic heterocycles. The second-order valence-corrected chi connectivity index (χ2v) is 8.25. The summed E-state index contributed by atoms with van der Waals surface area (Å²) < 4.78 is 5.82. The Morgan fingerprint density at radius 2 is 1.78 bits per heavy atom. The number of anilines is 1. The van der Waals surface area contributed by atoms with Crippen molar-refractivity contribution in [3.05, 3.63) is 93.5 Å². The number of nitrogens with zero attached hydrogens (tertiary/aromatic N) is 1. The van der Waals surface area contributed by atoms with Crippen molar-refractivity contribution in [3.8, 4) is 11.5 Å². The van der Waals surface area contributed by atoms with E-state index in [9.17, 15) is 19.8 Å². The van der Waals surface area contributed by atoms with Crippen molar-refractivity contribution in [3.63, 3.8) is 0 Å². The third-order valence-corrected chi connectivity index (χ3v) is 6.05. The summed E-state index contributed by atoms with van der Waals surface area (Å²) in [5.74, 6) is -1.31. The summed E-state index contributed by atoms with van der Waals surface area (Å²) in [6.07, 6.45) is 0. The predicted octanol–water partition coefficient (Wildman–Crippen LogP) is 5.10. The number of benzene rings is 3. The highest BCUT2D eigenvalue weighted by molar-refractivity contribution is 9.10. The standard InChI is InChI=1S/C25H20BrNO5/c1-14-6-3-4-9-19(14)27-22(15-7-5-8-17(28)12-15)21(24(30)25(27)31)23(29)16-10-11-20(32-2)18(26)13-16/h3-13,22,28-29H,1-2H3/b23-21-. The van der Waals surface area contributed by atoms with Gasteiger partial charge >= 0.3 is 0 Å². The molecule has 0 bridgehead atoms. The molecule has 162 valence electrons. The number of aromatic hydroxyl groups is 1. The van der Waals surface area contributed by atoms with Crippen molar-refractivity contribution < 1.29 is 24.5 Å². The molecule has 1 heterocycles. The lowest BCUT2D eigenvalue weighted by molar-refractivity contribution is -0.132. The summed E-state index contributed by atoms with van der Waals surface area (Å²) in [4.78, 5) is 27.7. The van der Waals surface area contributed by atoms with Crippen LogP contribution in [0.15, 0.2) is 76.8 Å². The van der Waals surface area contributed by atoms with Crippen LogP contribution in [0.4, 0.5) is 5.69 Å². The summed E-state index contributed by atoms with van der Waals surface area (Å²) in [6.45, 7) is 1.84. The van der Waals surface area contributed by atoms with Gasteiger partial charge in [-0.1, -0.05) is 30.3 Å². The van der Waals surface area contributed by atoms with Gasteiger partial charge in [-0.25, -0.2) is 0 Å². The molecule has 1 unspecified atom stereocenters. The highest BCUT2D eigenvalue weighted by Crippen LogP contribution is 2.44. The minimum Gasteiger partial charge on any atom is -0.508 e. The van der Waals surface area contributed by atoms with E-state index >= 15 is 0 Å². The summed E-state index contributed by atoms with van der Waals surface area (Å²) in [7, 11) is 1.52. The number of phenols is 1. The van der Waals surface area contributed by atoms with Gasteiger partial charge in [0.15, 0.2) is 0 Å². The van der Waals surface area contributed by atoms with Crippen LogP contribution in [0.5, 0.6) is 11.5 Å². The zero-order chi connectivity index (χ0) is 23.0. The quantitative estimate of drug-likeness (QED) is 0.300. The Bertz CT molecular complexity index is 1270. The normalized spacial score (nSPS) is 17.6. The van der Waals surface area contributed by atoms with Gasteiger partial charge in [0.25, 0.3) is 11.7 Å². The van der Waals surface area contributed by atoms with Crippen molar-refractivity contribution in [2.75, 3.05) is 12.0 Å². The highest BCUT2D eigenvalue weighted by Gasteiger charge is 2.47. The number of methoxy groups -OCH3 is 1. The van der Waals surface area contributed by atoms with Gasteiger partial charge in [0.2, 0.25) is 0 Å². The van der Waals surface area contributed by atoms with E-state index in [1.807, 2.05) is 19.1 Å². The first-order chi connectivity index (χ1) is 15.3. The molecule has 0 saturated carbocycles. The van der Waals surface area contributed by atoms with Gasteiger partial charge in [0, 0.05) is 11.3 Å². The number of halogens is 1. The lowest BCUT2D eigenvalue weighted by Crippen LogP contribution is -2.30. The molecule has 1 aliphatic heterocycles. The van der Waals surface area contributed by atoms with Gasteiger partial charge in [-0.15, -0.1) is 0 Å². The predicted molar refractivity (Wildman–Crippen MR) is 125 cm³/mol. The van der Waals surface area contributed by atoms with E-state index in [1.165, 1.54) is 24.1 Å². The van der Waals surface area contributed by atoms with Gasteiger partial charge < -0.3 is 14.9 Å². The molecule has 3 aromatic carbocycles. The van der Waals surface area contributed by atoms with Crippen LogP contribution in [0.3, 0.4) is 0 Å². The Labute approximate surface area is 193 Å². The molecule has 4 rings (SSSR count). The monoisotopic (exact) mass is 493 g/mol. The average Bonchev–Trinajstić information content (AvgIpc) is 3.04. The number of carbonyl (C=O) groups excluding carboxylic acids is 2. The fraction of sp³-hybridized carbons (Fsp3) is 0.120. The van der Waals surface area contributed by atoms with Crippen molar-refractivity contribution in [2.45, 2.75) is 13.0 Å². The van der Waals surface area contributed by atoms with Crippen LogP contribution in [-0.2, 0) is 9.59 Å². The summed E-state index contributed by atoms with van der Waals surface area (Å²) in [5, 5.41) is 21.3. The van der Waals surface area contributed by atoms with Crippen LogP contribution >= 0.6 is 15.9 Å². The van der Waals surface area contributed by atoms with Crippen molar-refractivity contribution in [2.24, 2.45) is 0 Å². The van der Waals surface area contributed by atoms with Crippen LogP contribution in [-0.4, -0.2) is 29.0 Å². The molecule has 7 heteroatoms. The fourth-order valence-corrected chi connectivity index (χ4v) is 4.43. The van der Waals surface area contributed by atoms with Crippen LogP contribution < -0.4 is 9.64 Å². The molecule has 32 heavy (non-hydrogen) atoms. The number of aliphatic hydroxyl groups excluding tert-OH is 1. The Hall–Kier alpha value is -3.58. The number of ketones is 1. The van der Waals surface area contributed by atoms with E-state index in [1.54, 1.807) is 42.5 Å². The molecular formula is C25H20BrNO5. The number of phenolic OH excluding ortho intramolecular Hbond substituents is 1. The molecule has 3 aromatic rings. The van der Waals surface area contributed by atoms with E-state index in [0.29, 0.717) is 27.0 Å². The lowest BCUT2D eigenvalue weighted by atomic mass is 9.94. The first kappa shape index (κ1) is 21.6. The SMILES string of the molecule is COc1ccc(/C(O)=C2/C(=O)C(=O)N(c3ccccc3C)C2c2cccc(O)c2)cc1Br. The molecule has 1 fully saturated rings. The molecule has 1 aliphatic rings.